The van der Waals surface area contributed by atoms with Crippen molar-refractivity contribution in [1.82, 2.24) is 9.80 Å². The summed E-state index contributed by atoms with van der Waals surface area (Å²) in [6.07, 6.45) is 3.78. The molecule has 0 radical (unpaired) electrons. The van der Waals surface area contributed by atoms with Crippen LogP contribution in [-0.2, 0) is 4.79 Å². The van der Waals surface area contributed by atoms with Crippen LogP contribution in [0.25, 0.3) is 0 Å². The number of carbonyl (C=O) groups is 1. The van der Waals surface area contributed by atoms with Crippen LogP contribution in [0.15, 0.2) is 0 Å². The maximum atomic E-state index is 12.4. The molecule has 0 aromatic carbocycles. The van der Waals surface area contributed by atoms with Gasteiger partial charge in [0.15, 0.2) is 0 Å². The van der Waals surface area contributed by atoms with Gasteiger partial charge >= 0.3 is 0 Å². The molecule has 1 amide bonds. The molecular formula is C14H29N3O. The summed E-state index contributed by atoms with van der Waals surface area (Å²) in [6, 6.07) is 0.873. The molecule has 106 valence electrons. The summed E-state index contributed by atoms with van der Waals surface area (Å²) in [5, 5.41) is 0. The third kappa shape index (κ3) is 3.45. The van der Waals surface area contributed by atoms with Crippen molar-refractivity contribution in [3.63, 3.8) is 0 Å². The van der Waals surface area contributed by atoms with E-state index in [0.29, 0.717) is 12.1 Å². The molecule has 4 heteroatoms. The van der Waals surface area contributed by atoms with Crippen molar-refractivity contribution in [2.75, 3.05) is 20.6 Å². The van der Waals surface area contributed by atoms with Crippen LogP contribution in [0, 0.1) is 0 Å². The van der Waals surface area contributed by atoms with Gasteiger partial charge in [-0.25, -0.2) is 0 Å². The van der Waals surface area contributed by atoms with Crippen LogP contribution in [0.2, 0.25) is 0 Å². The third-order valence-electron chi connectivity index (χ3n) is 4.31. The molecule has 2 N–H and O–H groups in total. The number of likely N-dealkylation sites (N-methyl/N-ethyl adjacent to an activating group) is 1. The second kappa shape index (κ2) is 6.02. The number of nitrogens with zero attached hydrogens (tertiary/aromatic N) is 2. The molecule has 0 aromatic rings. The van der Waals surface area contributed by atoms with Gasteiger partial charge in [-0.15, -0.1) is 0 Å². The number of nitrogens with two attached hydrogens (primary N) is 1. The van der Waals surface area contributed by atoms with Crippen LogP contribution in [-0.4, -0.2) is 54.0 Å². The Morgan fingerprint density at radius 1 is 1.56 bits per heavy atom. The summed E-state index contributed by atoms with van der Waals surface area (Å²) in [7, 11) is 4.05. The van der Waals surface area contributed by atoms with Gasteiger partial charge in [-0.1, -0.05) is 13.3 Å². The molecule has 1 aliphatic rings. The largest absolute Gasteiger partial charge is 0.341 e. The van der Waals surface area contributed by atoms with Gasteiger partial charge in [0, 0.05) is 25.7 Å². The first-order chi connectivity index (χ1) is 8.29. The molecule has 1 saturated heterocycles. The summed E-state index contributed by atoms with van der Waals surface area (Å²) < 4.78 is 0. The Labute approximate surface area is 111 Å². The lowest BCUT2D eigenvalue weighted by molar-refractivity contribution is -0.138. The molecule has 1 fully saturated rings. The standard InChI is InChI=1S/C14H29N3O/c1-6-8-14(3,15)13(18)17(5)12-7-9-16(4)11(2)10-12/h11-12H,6-10,15H2,1-5H3. The molecule has 3 atom stereocenters. The van der Waals surface area contributed by atoms with Crippen LogP contribution in [0.4, 0.5) is 0 Å². The molecule has 3 unspecified atom stereocenters. The smallest absolute Gasteiger partial charge is 0.242 e. The first kappa shape index (κ1) is 15.4. The van der Waals surface area contributed by atoms with Gasteiger partial charge in [0.25, 0.3) is 0 Å². The van der Waals surface area contributed by atoms with E-state index >= 15 is 0 Å². The number of carbonyl (C=O) groups excluding carboxylic acids is 1. The van der Waals surface area contributed by atoms with Crippen molar-refractivity contribution < 1.29 is 4.79 Å². The minimum atomic E-state index is -0.712. The number of rotatable bonds is 4. The Balaban J connectivity index is 2.64. The highest BCUT2D eigenvalue weighted by molar-refractivity contribution is 5.85. The van der Waals surface area contributed by atoms with E-state index in [1.165, 1.54) is 0 Å². The zero-order valence-corrected chi connectivity index (χ0v) is 12.6. The van der Waals surface area contributed by atoms with E-state index in [1.807, 2.05) is 18.9 Å². The average molecular weight is 255 g/mol. The fourth-order valence-electron chi connectivity index (χ4n) is 2.81. The van der Waals surface area contributed by atoms with Gasteiger partial charge in [0.2, 0.25) is 5.91 Å². The Kier molecular flexibility index (Phi) is 5.17. The Bertz CT molecular complexity index is 291. The van der Waals surface area contributed by atoms with Crippen molar-refractivity contribution in [3.05, 3.63) is 0 Å². The van der Waals surface area contributed by atoms with E-state index in [9.17, 15) is 4.79 Å². The van der Waals surface area contributed by atoms with Gasteiger partial charge in [-0.3, -0.25) is 4.79 Å². The van der Waals surface area contributed by atoms with Crippen LogP contribution < -0.4 is 5.73 Å². The van der Waals surface area contributed by atoms with Crippen molar-refractivity contribution in [2.45, 2.75) is 64.1 Å². The highest BCUT2D eigenvalue weighted by Gasteiger charge is 2.35. The maximum absolute atomic E-state index is 12.4. The average Bonchev–Trinajstić information content (AvgIpc) is 2.30. The first-order valence-electron chi connectivity index (χ1n) is 7.06. The van der Waals surface area contributed by atoms with Crippen LogP contribution >= 0.6 is 0 Å². The lowest BCUT2D eigenvalue weighted by Gasteiger charge is -2.41. The fourth-order valence-corrected chi connectivity index (χ4v) is 2.81. The summed E-state index contributed by atoms with van der Waals surface area (Å²) in [5.74, 6) is 0.0890. The van der Waals surface area contributed by atoms with Crippen LogP contribution in [0.1, 0.15) is 46.5 Å². The monoisotopic (exact) mass is 255 g/mol. The fraction of sp³-hybridized carbons (Fsp3) is 0.929. The molecule has 4 nitrogen and oxygen atoms in total. The minimum Gasteiger partial charge on any atom is -0.341 e. The molecule has 0 aromatic heterocycles. The Morgan fingerprint density at radius 3 is 2.67 bits per heavy atom. The van der Waals surface area contributed by atoms with E-state index < -0.39 is 5.54 Å². The molecule has 0 saturated carbocycles. The lowest BCUT2D eigenvalue weighted by Crippen LogP contribution is -2.57. The topological polar surface area (TPSA) is 49.6 Å². The highest BCUT2D eigenvalue weighted by Crippen LogP contribution is 2.22. The van der Waals surface area contributed by atoms with Crippen LogP contribution in [0.5, 0.6) is 0 Å². The Hall–Kier alpha value is -0.610. The van der Waals surface area contributed by atoms with Gasteiger partial charge in [-0.05, 0) is 40.2 Å². The van der Waals surface area contributed by atoms with Crippen molar-refractivity contribution in [2.24, 2.45) is 5.73 Å². The summed E-state index contributed by atoms with van der Waals surface area (Å²) in [5.41, 5.74) is 5.43. The molecule has 0 spiro atoms. The van der Waals surface area contributed by atoms with Crippen molar-refractivity contribution in [1.29, 1.82) is 0 Å². The number of hydrogen-bond acceptors (Lipinski definition) is 3. The van der Waals surface area contributed by atoms with E-state index in [-0.39, 0.29) is 5.91 Å². The SMILES string of the molecule is CCCC(C)(N)C(=O)N(C)C1CCN(C)C(C)C1. The van der Waals surface area contributed by atoms with Crippen molar-refractivity contribution in [3.8, 4) is 0 Å². The maximum Gasteiger partial charge on any atom is 0.242 e. The molecule has 1 heterocycles. The predicted molar refractivity (Wildman–Crippen MR) is 75.4 cm³/mol. The third-order valence-corrected chi connectivity index (χ3v) is 4.31. The summed E-state index contributed by atoms with van der Waals surface area (Å²) >= 11 is 0. The van der Waals surface area contributed by atoms with E-state index in [0.717, 1.165) is 32.2 Å². The molecule has 0 bridgehead atoms. The van der Waals surface area contributed by atoms with E-state index in [2.05, 4.69) is 25.8 Å². The van der Waals surface area contributed by atoms with Crippen molar-refractivity contribution >= 4 is 5.91 Å². The molecule has 1 aliphatic heterocycles. The second-order valence-electron chi connectivity index (χ2n) is 6.09. The normalized spacial score (nSPS) is 28.8. The van der Waals surface area contributed by atoms with Gasteiger partial charge in [-0.2, -0.15) is 0 Å². The lowest BCUT2D eigenvalue weighted by atomic mass is 9.92. The van der Waals surface area contributed by atoms with Crippen LogP contribution in [0.3, 0.4) is 0 Å². The number of amides is 1. The molecular weight excluding hydrogens is 226 g/mol. The number of piperidine rings is 1. The predicted octanol–water partition coefficient (Wildman–Crippen LogP) is 1.45. The van der Waals surface area contributed by atoms with Gasteiger partial charge in [0.1, 0.15) is 0 Å². The van der Waals surface area contributed by atoms with E-state index in [4.69, 9.17) is 5.73 Å². The molecule has 1 rings (SSSR count). The zero-order chi connectivity index (χ0) is 13.9. The number of likely N-dealkylation sites (tertiary alicyclic amines) is 1. The molecule has 0 aliphatic carbocycles. The van der Waals surface area contributed by atoms with E-state index in [1.54, 1.807) is 0 Å². The highest BCUT2D eigenvalue weighted by atomic mass is 16.2. The quantitative estimate of drug-likeness (QED) is 0.827. The van der Waals surface area contributed by atoms with Gasteiger partial charge < -0.3 is 15.5 Å². The summed E-state index contributed by atoms with van der Waals surface area (Å²) in [6.45, 7) is 7.19. The van der Waals surface area contributed by atoms with Gasteiger partial charge in [0.05, 0.1) is 5.54 Å². The zero-order valence-electron chi connectivity index (χ0n) is 12.6. The second-order valence-corrected chi connectivity index (χ2v) is 6.09. The number of hydrogen-bond donors (Lipinski definition) is 1. The summed E-state index contributed by atoms with van der Waals surface area (Å²) in [4.78, 5) is 16.7. The first-order valence-corrected chi connectivity index (χ1v) is 7.06. The Morgan fingerprint density at radius 2 is 2.17 bits per heavy atom. The minimum absolute atomic E-state index is 0.0890. The molecule has 18 heavy (non-hydrogen) atoms.